The van der Waals surface area contributed by atoms with Crippen LogP contribution in [0.1, 0.15) is 20.3 Å². The van der Waals surface area contributed by atoms with Gasteiger partial charge in [0, 0.05) is 19.6 Å². The molecule has 1 rings (SSSR count). The second-order valence-electron chi connectivity index (χ2n) is 3.51. The zero-order valence-corrected chi connectivity index (χ0v) is 9.03. The highest BCUT2D eigenvalue weighted by molar-refractivity contribution is 4.66. The lowest BCUT2D eigenvalue weighted by atomic mass is 10.3. The summed E-state index contributed by atoms with van der Waals surface area (Å²) in [5.74, 6) is 0. The molecule has 1 heterocycles. The molecular weight excluding hydrogens is 180 g/mol. The zero-order chi connectivity index (χ0) is 10.6. The Morgan fingerprint density at radius 2 is 2.36 bits per heavy atom. The van der Waals surface area contributed by atoms with Crippen molar-refractivity contribution in [3.63, 3.8) is 0 Å². The highest BCUT2D eigenvalue weighted by Crippen LogP contribution is 1.86. The quantitative estimate of drug-likeness (QED) is 0.723. The minimum Gasteiger partial charge on any atom is -0.312 e. The number of rotatable bonds is 5. The maximum absolute atomic E-state index is 11.3. The van der Waals surface area contributed by atoms with Gasteiger partial charge in [0.05, 0.1) is 6.54 Å². The summed E-state index contributed by atoms with van der Waals surface area (Å²) in [6, 6.07) is 0.495. The van der Waals surface area contributed by atoms with Gasteiger partial charge in [0.2, 0.25) is 0 Å². The molecule has 14 heavy (non-hydrogen) atoms. The first-order valence-corrected chi connectivity index (χ1v) is 4.97. The van der Waals surface area contributed by atoms with Crippen LogP contribution in [0.3, 0.4) is 0 Å². The van der Waals surface area contributed by atoms with Gasteiger partial charge in [-0.25, -0.2) is 9.48 Å². The van der Waals surface area contributed by atoms with Crippen LogP contribution in [-0.2, 0) is 13.6 Å². The molecule has 1 atom stereocenters. The minimum absolute atomic E-state index is 0.0593. The molecule has 0 amide bonds. The Kier molecular flexibility index (Phi) is 3.88. The summed E-state index contributed by atoms with van der Waals surface area (Å²) in [4.78, 5) is 11.3. The fourth-order valence-electron chi connectivity index (χ4n) is 1.14. The van der Waals surface area contributed by atoms with Crippen molar-refractivity contribution in [1.29, 1.82) is 0 Å². The number of hydrogen-bond donors (Lipinski definition) is 1. The first-order valence-electron chi connectivity index (χ1n) is 4.97. The third kappa shape index (κ3) is 2.70. The fourth-order valence-corrected chi connectivity index (χ4v) is 1.14. The number of nitrogens with one attached hydrogen (secondary N) is 1. The molecule has 0 aliphatic carbocycles. The van der Waals surface area contributed by atoms with Crippen molar-refractivity contribution in [1.82, 2.24) is 19.7 Å². The van der Waals surface area contributed by atoms with Crippen molar-refractivity contribution in [2.75, 3.05) is 6.54 Å². The van der Waals surface area contributed by atoms with E-state index in [1.54, 1.807) is 7.05 Å². The molecule has 1 N–H and O–H groups in total. The van der Waals surface area contributed by atoms with Crippen LogP contribution >= 0.6 is 0 Å². The van der Waals surface area contributed by atoms with Crippen molar-refractivity contribution < 1.29 is 0 Å². The lowest BCUT2D eigenvalue weighted by Gasteiger charge is -2.10. The van der Waals surface area contributed by atoms with Gasteiger partial charge in [-0.15, -0.1) is 0 Å². The molecule has 80 valence electrons. The molecule has 1 aromatic rings. The van der Waals surface area contributed by atoms with E-state index in [4.69, 9.17) is 0 Å². The summed E-state index contributed by atoms with van der Waals surface area (Å²) in [7, 11) is 1.70. The van der Waals surface area contributed by atoms with E-state index in [-0.39, 0.29) is 5.69 Å². The monoisotopic (exact) mass is 198 g/mol. The van der Waals surface area contributed by atoms with Crippen molar-refractivity contribution >= 4 is 0 Å². The van der Waals surface area contributed by atoms with Gasteiger partial charge in [-0.1, -0.05) is 6.92 Å². The van der Waals surface area contributed by atoms with Crippen LogP contribution < -0.4 is 11.0 Å². The van der Waals surface area contributed by atoms with Crippen LogP contribution in [0.4, 0.5) is 0 Å². The molecule has 0 bridgehead atoms. The van der Waals surface area contributed by atoms with Crippen molar-refractivity contribution in [3.05, 3.63) is 16.8 Å². The van der Waals surface area contributed by atoms with Gasteiger partial charge in [0.15, 0.2) is 0 Å². The van der Waals surface area contributed by atoms with E-state index in [2.05, 4.69) is 24.3 Å². The van der Waals surface area contributed by atoms with Gasteiger partial charge in [-0.2, -0.15) is 5.10 Å². The Labute approximate surface area is 83.7 Å². The van der Waals surface area contributed by atoms with Crippen LogP contribution in [0, 0.1) is 0 Å². The minimum atomic E-state index is -0.0593. The Hall–Kier alpha value is -1.10. The van der Waals surface area contributed by atoms with Gasteiger partial charge in [-0.05, 0) is 13.3 Å². The summed E-state index contributed by atoms with van der Waals surface area (Å²) in [6.07, 6.45) is 2.63. The largest absolute Gasteiger partial charge is 0.345 e. The molecule has 0 spiro atoms. The van der Waals surface area contributed by atoms with Gasteiger partial charge < -0.3 is 5.32 Å². The third-order valence-corrected chi connectivity index (χ3v) is 2.32. The Bertz CT molecular complexity index is 328. The normalized spacial score (nSPS) is 13.1. The number of aromatic nitrogens is 3. The van der Waals surface area contributed by atoms with Crippen LogP contribution in [0.2, 0.25) is 0 Å². The average molecular weight is 198 g/mol. The van der Waals surface area contributed by atoms with Crippen LogP contribution in [0.5, 0.6) is 0 Å². The molecule has 0 saturated heterocycles. The summed E-state index contributed by atoms with van der Waals surface area (Å²) < 4.78 is 2.94. The Balaban J connectivity index is 2.39. The molecule has 0 aromatic carbocycles. The lowest BCUT2D eigenvalue weighted by Crippen LogP contribution is -2.32. The maximum Gasteiger partial charge on any atom is 0.345 e. The van der Waals surface area contributed by atoms with E-state index in [1.807, 2.05) is 0 Å². The second kappa shape index (κ2) is 4.95. The van der Waals surface area contributed by atoms with Crippen molar-refractivity contribution in [3.8, 4) is 0 Å². The van der Waals surface area contributed by atoms with Crippen LogP contribution in [0.15, 0.2) is 11.1 Å². The SMILES string of the molecule is CCC(C)NCCn1ncn(C)c1=O. The van der Waals surface area contributed by atoms with Gasteiger partial charge in [0.1, 0.15) is 6.33 Å². The van der Waals surface area contributed by atoms with E-state index in [0.717, 1.165) is 13.0 Å². The third-order valence-electron chi connectivity index (χ3n) is 2.32. The molecule has 5 heteroatoms. The number of nitrogens with zero attached hydrogens (tertiary/aromatic N) is 3. The second-order valence-corrected chi connectivity index (χ2v) is 3.51. The fraction of sp³-hybridized carbons (Fsp3) is 0.778. The molecule has 1 aromatic heterocycles. The van der Waals surface area contributed by atoms with Crippen molar-refractivity contribution in [2.45, 2.75) is 32.9 Å². The van der Waals surface area contributed by atoms with E-state index in [0.29, 0.717) is 12.6 Å². The van der Waals surface area contributed by atoms with Crippen LogP contribution in [-0.4, -0.2) is 26.9 Å². The van der Waals surface area contributed by atoms with E-state index >= 15 is 0 Å². The van der Waals surface area contributed by atoms with Crippen LogP contribution in [0.25, 0.3) is 0 Å². The Morgan fingerprint density at radius 3 is 2.86 bits per heavy atom. The summed E-state index contributed by atoms with van der Waals surface area (Å²) >= 11 is 0. The molecule has 0 saturated carbocycles. The lowest BCUT2D eigenvalue weighted by molar-refractivity contribution is 0.479. The summed E-state index contributed by atoms with van der Waals surface area (Å²) in [5.41, 5.74) is -0.0593. The molecule has 5 nitrogen and oxygen atoms in total. The predicted molar refractivity (Wildman–Crippen MR) is 55.2 cm³/mol. The van der Waals surface area contributed by atoms with Gasteiger partial charge >= 0.3 is 5.69 Å². The molecule has 1 unspecified atom stereocenters. The predicted octanol–water partition coefficient (Wildman–Crippen LogP) is -0.0301. The highest BCUT2D eigenvalue weighted by atomic mass is 16.2. The molecule has 0 aliphatic rings. The van der Waals surface area contributed by atoms with E-state index < -0.39 is 0 Å². The summed E-state index contributed by atoms with van der Waals surface area (Å²) in [5, 5.41) is 7.27. The number of aryl methyl sites for hydroxylation is 1. The van der Waals surface area contributed by atoms with E-state index in [9.17, 15) is 4.79 Å². The van der Waals surface area contributed by atoms with Crippen molar-refractivity contribution in [2.24, 2.45) is 7.05 Å². The van der Waals surface area contributed by atoms with Gasteiger partial charge in [0.25, 0.3) is 0 Å². The molecular formula is C9H18N4O. The average Bonchev–Trinajstić information content (AvgIpc) is 2.49. The van der Waals surface area contributed by atoms with E-state index in [1.165, 1.54) is 15.6 Å². The maximum atomic E-state index is 11.3. The topological polar surface area (TPSA) is 51.9 Å². The Morgan fingerprint density at radius 1 is 1.64 bits per heavy atom. The first-order chi connectivity index (χ1) is 6.65. The highest BCUT2D eigenvalue weighted by Gasteiger charge is 2.01. The zero-order valence-electron chi connectivity index (χ0n) is 9.03. The first kappa shape index (κ1) is 11.0. The summed E-state index contributed by atoms with van der Waals surface area (Å²) in [6.45, 7) is 5.67. The smallest absolute Gasteiger partial charge is 0.312 e. The molecule has 0 aliphatic heterocycles. The van der Waals surface area contributed by atoms with Gasteiger partial charge in [-0.3, -0.25) is 4.57 Å². The number of hydrogen-bond acceptors (Lipinski definition) is 3. The standard InChI is InChI=1S/C9H18N4O/c1-4-8(2)10-5-6-13-9(14)12(3)7-11-13/h7-8,10H,4-6H2,1-3H3. The molecule has 0 radical (unpaired) electrons. The molecule has 0 fully saturated rings.